The van der Waals surface area contributed by atoms with E-state index in [1.165, 1.54) is 24.5 Å². The molecule has 3 aromatic rings. The van der Waals surface area contributed by atoms with Gasteiger partial charge in [0.25, 0.3) is 5.91 Å². The number of hydrogen-bond acceptors (Lipinski definition) is 6. The Balaban J connectivity index is 1.90. The van der Waals surface area contributed by atoms with Gasteiger partial charge in [-0.15, -0.1) is 0 Å². The number of phenols is 1. The number of nitrogen functional groups attached to an aromatic ring is 1. The van der Waals surface area contributed by atoms with Crippen molar-refractivity contribution in [3.63, 3.8) is 0 Å². The first kappa shape index (κ1) is 13.1. The number of aromatic hydroxyl groups is 1. The molecule has 0 radical (unpaired) electrons. The molecule has 0 spiro atoms. The molecular formula is C12H9ClN6O2. The van der Waals surface area contributed by atoms with Crippen molar-refractivity contribution in [3.05, 3.63) is 35.2 Å². The van der Waals surface area contributed by atoms with Gasteiger partial charge in [0.2, 0.25) is 5.95 Å². The second-order valence-corrected chi connectivity index (χ2v) is 4.52. The summed E-state index contributed by atoms with van der Waals surface area (Å²) < 4.78 is 0. The predicted octanol–water partition coefficient (Wildman–Crippen LogP) is 1.55. The second kappa shape index (κ2) is 4.91. The molecule has 5 N–H and O–H groups in total. The first-order valence-electron chi connectivity index (χ1n) is 5.81. The molecule has 0 saturated carbocycles. The molecule has 0 fully saturated rings. The number of rotatable bonds is 2. The van der Waals surface area contributed by atoms with E-state index >= 15 is 0 Å². The zero-order valence-corrected chi connectivity index (χ0v) is 11.2. The lowest BCUT2D eigenvalue weighted by Crippen LogP contribution is -2.14. The van der Waals surface area contributed by atoms with Gasteiger partial charge in [0, 0.05) is 5.56 Å². The minimum atomic E-state index is -0.503. The van der Waals surface area contributed by atoms with E-state index in [-0.39, 0.29) is 28.1 Å². The number of carbonyl (C=O) groups excluding carboxylic acids is 1. The van der Waals surface area contributed by atoms with Crippen molar-refractivity contribution in [2.45, 2.75) is 0 Å². The lowest BCUT2D eigenvalue weighted by molar-refractivity contribution is 0.102. The first-order chi connectivity index (χ1) is 10.0. The summed E-state index contributed by atoms with van der Waals surface area (Å²) in [5, 5.41) is 12.1. The number of fused-ring (bicyclic) bond motifs is 1. The standard InChI is InChI=1S/C12H9ClN6O2/c13-9-8-10(16-4-15-8)18-12(17-9)19-11(21)5-1-2-6(14)7(20)3-5/h1-4,20H,14H2,(H2,15,16,17,18,19,21). The topological polar surface area (TPSA) is 130 Å². The van der Waals surface area contributed by atoms with E-state index in [2.05, 4.69) is 25.3 Å². The quantitative estimate of drug-likeness (QED) is 0.323. The number of imidazole rings is 1. The smallest absolute Gasteiger partial charge is 0.258 e. The number of hydrogen-bond donors (Lipinski definition) is 4. The predicted molar refractivity (Wildman–Crippen MR) is 77.2 cm³/mol. The number of aromatic nitrogens is 4. The fourth-order valence-corrected chi connectivity index (χ4v) is 1.93. The van der Waals surface area contributed by atoms with Crippen molar-refractivity contribution in [1.82, 2.24) is 19.9 Å². The molecule has 1 amide bonds. The van der Waals surface area contributed by atoms with Gasteiger partial charge in [-0.25, -0.2) is 4.98 Å². The van der Waals surface area contributed by atoms with Crippen LogP contribution in [0.25, 0.3) is 11.2 Å². The molecule has 0 atom stereocenters. The van der Waals surface area contributed by atoms with Crippen LogP contribution < -0.4 is 11.1 Å². The third-order valence-corrected chi connectivity index (χ3v) is 3.03. The van der Waals surface area contributed by atoms with Gasteiger partial charge in [0.15, 0.2) is 10.8 Å². The maximum absolute atomic E-state index is 12.0. The molecule has 0 unspecified atom stereocenters. The van der Waals surface area contributed by atoms with E-state index in [4.69, 9.17) is 17.3 Å². The number of nitrogens with two attached hydrogens (primary N) is 1. The van der Waals surface area contributed by atoms with E-state index in [1.807, 2.05) is 0 Å². The zero-order valence-electron chi connectivity index (χ0n) is 10.5. The van der Waals surface area contributed by atoms with Crippen LogP contribution in [0.5, 0.6) is 5.75 Å². The van der Waals surface area contributed by atoms with E-state index in [1.54, 1.807) is 0 Å². The lowest BCUT2D eigenvalue weighted by Gasteiger charge is -2.05. The summed E-state index contributed by atoms with van der Waals surface area (Å²) in [4.78, 5) is 26.8. The molecule has 0 saturated heterocycles. The highest BCUT2D eigenvalue weighted by molar-refractivity contribution is 6.33. The Morgan fingerprint density at radius 1 is 1.38 bits per heavy atom. The molecule has 0 aliphatic carbocycles. The number of carbonyl (C=O) groups is 1. The Morgan fingerprint density at radius 2 is 2.19 bits per heavy atom. The summed E-state index contributed by atoms with van der Waals surface area (Å²) in [7, 11) is 0. The average molecular weight is 305 g/mol. The van der Waals surface area contributed by atoms with Crippen LogP contribution in [-0.2, 0) is 0 Å². The van der Waals surface area contributed by atoms with Crippen molar-refractivity contribution in [2.24, 2.45) is 0 Å². The minimum Gasteiger partial charge on any atom is -0.506 e. The summed E-state index contributed by atoms with van der Waals surface area (Å²) in [6, 6.07) is 4.15. The second-order valence-electron chi connectivity index (χ2n) is 4.17. The van der Waals surface area contributed by atoms with E-state index in [0.29, 0.717) is 11.2 Å². The maximum atomic E-state index is 12.0. The molecule has 0 aliphatic heterocycles. The Morgan fingerprint density at radius 3 is 2.95 bits per heavy atom. The molecule has 0 aliphatic rings. The van der Waals surface area contributed by atoms with Crippen LogP contribution in [0.3, 0.4) is 0 Å². The van der Waals surface area contributed by atoms with E-state index in [9.17, 15) is 9.90 Å². The number of aromatic amines is 1. The molecule has 3 rings (SSSR count). The summed E-state index contributed by atoms with van der Waals surface area (Å²) in [5.41, 5.74) is 6.70. The Bertz CT molecular complexity index is 847. The first-order valence-corrected chi connectivity index (χ1v) is 6.19. The third kappa shape index (κ3) is 2.43. The number of phenolic OH excluding ortho intramolecular Hbond substituents is 1. The summed E-state index contributed by atoms with van der Waals surface area (Å²) in [6.45, 7) is 0. The molecular weight excluding hydrogens is 296 g/mol. The summed E-state index contributed by atoms with van der Waals surface area (Å²) >= 11 is 5.95. The van der Waals surface area contributed by atoms with Gasteiger partial charge in [0.1, 0.15) is 11.3 Å². The Labute approximate surface area is 123 Å². The van der Waals surface area contributed by atoms with Crippen LogP contribution in [0.15, 0.2) is 24.5 Å². The zero-order chi connectivity index (χ0) is 15.0. The van der Waals surface area contributed by atoms with Crippen molar-refractivity contribution >= 4 is 40.3 Å². The SMILES string of the molecule is Nc1ccc(C(=O)Nc2nc(Cl)c3[nH]cnc3n2)cc1O. The van der Waals surface area contributed by atoms with Crippen LogP contribution in [0.4, 0.5) is 11.6 Å². The molecule has 0 bridgehead atoms. The van der Waals surface area contributed by atoms with Crippen molar-refractivity contribution in [2.75, 3.05) is 11.1 Å². The van der Waals surface area contributed by atoms with E-state index in [0.717, 1.165) is 0 Å². The number of H-pyrrole nitrogens is 1. The monoisotopic (exact) mass is 304 g/mol. The fraction of sp³-hybridized carbons (Fsp3) is 0. The average Bonchev–Trinajstić information content (AvgIpc) is 2.90. The molecule has 2 heterocycles. The largest absolute Gasteiger partial charge is 0.506 e. The normalized spacial score (nSPS) is 10.7. The molecule has 1 aromatic carbocycles. The van der Waals surface area contributed by atoms with Crippen LogP contribution in [0, 0.1) is 0 Å². The molecule has 21 heavy (non-hydrogen) atoms. The highest BCUT2D eigenvalue weighted by Gasteiger charge is 2.13. The molecule has 8 nitrogen and oxygen atoms in total. The van der Waals surface area contributed by atoms with Gasteiger partial charge < -0.3 is 15.8 Å². The Kier molecular flexibility index (Phi) is 3.07. The fourth-order valence-electron chi connectivity index (χ4n) is 1.71. The highest BCUT2D eigenvalue weighted by atomic mass is 35.5. The molecule has 2 aromatic heterocycles. The molecule has 9 heteroatoms. The van der Waals surface area contributed by atoms with Gasteiger partial charge in [-0.3, -0.25) is 10.1 Å². The van der Waals surface area contributed by atoms with Crippen molar-refractivity contribution in [3.8, 4) is 5.75 Å². The van der Waals surface area contributed by atoms with Crippen molar-refractivity contribution in [1.29, 1.82) is 0 Å². The number of nitrogens with zero attached hydrogens (tertiary/aromatic N) is 3. The summed E-state index contributed by atoms with van der Waals surface area (Å²) in [5.74, 6) is -0.665. The minimum absolute atomic E-state index is 0.0147. The van der Waals surface area contributed by atoms with Gasteiger partial charge >= 0.3 is 0 Å². The number of benzene rings is 1. The van der Waals surface area contributed by atoms with Gasteiger partial charge in [0.05, 0.1) is 12.0 Å². The van der Waals surface area contributed by atoms with Crippen molar-refractivity contribution < 1.29 is 9.90 Å². The number of amides is 1. The molecule has 106 valence electrons. The number of halogens is 1. The van der Waals surface area contributed by atoms with Gasteiger partial charge in [-0.05, 0) is 18.2 Å². The summed E-state index contributed by atoms with van der Waals surface area (Å²) in [6.07, 6.45) is 1.43. The lowest BCUT2D eigenvalue weighted by atomic mass is 10.2. The highest BCUT2D eigenvalue weighted by Crippen LogP contribution is 2.22. The van der Waals surface area contributed by atoms with Crippen LogP contribution in [0.1, 0.15) is 10.4 Å². The van der Waals surface area contributed by atoms with Crippen LogP contribution in [0.2, 0.25) is 5.15 Å². The van der Waals surface area contributed by atoms with Gasteiger partial charge in [-0.2, -0.15) is 9.97 Å². The maximum Gasteiger partial charge on any atom is 0.258 e. The van der Waals surface area contributed by atoms with E-state index < -0.39 is 5.91 Å². The Hall–Kier alpha value is -2.87. The number of nitrogens with one attached hydrogen (secondary N) is 2. The number of anilines is 2. The van der Waals surface area contributed by atoms with Crippen LogP contribution >= 0.6 is 11.6 Å². The third-order valence-electron chi connectivity index (χ3n) is 2.76. The van der Waals surface area contributed by atoms with Gasteiger partial charge in [-0.1, -0.05) is 11.6 Å². The van der Waals surface area contributed by atoms with Crippen LogP contribution in [-0.4, -0.2) is 30.9 Å².